The van der Waals surface area contributed by atoms with Gasteiger partial charge < -0.3 is 19.7 Å². The molecule has 0 fully saturated rings. The van der Waals surface area contributed by atoms with Crippen molar-refractivity contribution in [2.45, 2.75) is 19.1 Å². The summed E-state index contributed by atoms with van der Waals surface area (Å²) in [5, 5.41) is 12.0. The number of rotatable bonds is 7. The van der Waals surface area contributed by atoms with Crippen molar-refractivity contribution in [3.63, 3.8) is 0 Å². The molecule has 1 rings (SSSR count). The molecule has 6 nitrogen and oxygen atoms in total. The highest BCUT2D eigenvalue weighted by Crippen LogP contribution is 2.04. The molecule has 1 aromatic rings. The summed E-state index contributed by atoms with van der Waals surface area (Å²) in [6.45, 7) is 0.533. The molecule has 0 aliphatic carbocycles. The van der Waals surface area contributed by atoms with Crippen molar-refractivity contribution >= 4 is 21.8 Å². The molecule has 2 N–H and O–H groups in total. The zero-order valence-electron chi connectivity index (χ0n) is 10.6. The molecule has 0 saturated carbocycles. The summed E-state index contributed by atoms with van der Waals surface area (Å²) in [6.07, 6.45) is 1.37. The smallest absolute Gasteiger partial charge is 0.251 e. The highest BCUT2D eigenvalue weighted by Gasteiger charge is 2.07. The fraction of sp³-hybridized carbons (Fsp3) is 0.500. The van der Waals surface area contributed by atoms with Crippen molar-refractivity contribution in [1.29, 1.82) is 0 Å². The van der Waals surface area contributed by atoms with E-state index in [9.17, 15) is 14.7 Å². The van der Waals surface area contributed by atoms with Gasteiger partial charge in [0.15, 0.2) is 0 Å². The summed E-state index contributed by atoms with van der Waals surface area (Å²) >= 11 is 3.24. The summed E-state index contributed by atoms with van der Waals surface area (Å²) in [5.41, 5.74) is -0.238. The Morgan fingerprint density at radius 2 is 2.32 bits per heavy atom. The number of ether oxygens (including phenoxy) is 1. The number of aliphatic hydroxyl groups excluding tert-OH is 1. The third kappa shape index (κ3) is 6.00. The second-order valence-electron chi connectivity index (χ2n) is 4.06. The van der Waals surface area contributed by atoms with Crippen molar-refractivity contribution in [2.24, 2.45) is 0 Å². The van der Waals surface area contributed by atoms with Crippen LogP contribution in [-0.2, 0) is 16.1 Å². The van der Waals surface area contributed by atoms with Gasteiger partial charge >= 0.3 is 0 Å². The van der Waals surface area contributed by atoms with Crippen molar-refractivity contribution in [2.75, 3.05) is 20.3 Å². The highest BCUT2D eigenvalue weighted by atomic mass is 79.9. The zero-order chi connectivity index (χ0) is 14.3. The number of pyridine rings is 1. The maximum Gasteiger partial charge on any atom is 0.251 e. The van der Waals surface area contributed by atoms with E-state index >= 15 is 0 Å². The van der Waals surface area contributed by atoms with E-state index in [0.717, 1.165) is 4.47 Å². The van der Waals surface area contributed by atoms with Gasteiger partial charge in [0.05, 0.1) is 12.7 Å². The lowest BCUT2D eigenvalue weighted by Crippen LogP contribution is -2.34. The number of methoxy groups -OCH3 is 1. The van der Waals surface area contributed by atoms with E-state index < -0.39 is 6.10 Å². The molecule has 1 heterocycles. The Morgan fingerprint density at radius 1 is 1.58 bits per heavy atom. The maximum atomic E-state index is 11.6. The lowest BCUT2D eigenvalue weighted by atomic mass is 10.2. The number of aromatic nitrogens is 1. The Bertz CT molecular complexity index is 475. The monoisotopic (exact) mass is 332 g/mol. The van der Waals surface area contributed by atoms with E-state index in [1.54, 1.807) is 12.3 Å². The van der Waals surface area contributed by atoms with Crippen LogP contribution < -0.4 is 10.9 Å². The summed E-state index contributed by atoms with van der Waals surface area (Å²) in [5.74, 6) is -0.273. The largest absolute Gasteiger partial charge is 0.391 e. The molecule has 0 spiro atoms. The van der Waals surface area contributed by atoms with E-state index in [4.69, 9.17) is 4.74 Å². The van der Waals surface area contributed by atoms with E-state index in [1.165, 1.54) is 17.7 Å². The topological polar surface area (TPSA) is 80.6 Å². The molecule has 0 bridgehead atoms. The second kappa shape index (κ2) is 8.08. The first kappa shape index (κ1) is 15.9. The van der Waals surface area contributed by atoms with Gasteiger partial charge in [0.2, 0.25) is 5.91 Å². The molecule has 1 atom stereocenters. The minimum absolute atomic E-state index is 0.0430. The average molecular weight is 333 g/mol. The first-order chi connectivity index (χ1) is 9.02. The number of amides is 1. The molecular weight excluding hydrogens is 316 g/mol. The molecule has 0 aromatic carbocycles. The van der Waals surface area contributed by atoms with E-state index in [2.05, 4.69) is 21.2 Å². The summed E-state index contributed by atoms with van der Waals surface area (Å²) < 4.78 is 6.81. The highest BCUT2D eigenvalue weighted by molar-refractivity contribution is 9.10. The number of hydrogen-bond acceptors (Lipinski definition) is 4. The molecule has 1 aromatic heterocycles. The van der Waals surface area contributed by atoms with Gasteiger partial charge in [-0.15, -0.1) is 0 Å². The number of aliphatic hydroxyl groups is 1. The minimum atomic E-state index is -0.598. The predicted molar refractivity (Wildman–Crippen MR) is 73.9 cm³/mol. The van der Waals surface area contributed by atoms with Gasteiger partial charge in [0, 0.05) is 30.4 Å². The van der Waals surface area contributed by atoms with Crippen molar-refractivity contribution in [3.8, 4) is 0 Å². The number of carbonyl (C=O) groups excluding carboxylic acids is 1. The fourth-order valence-corrected chi connectivity index (χ4v) is 1.87. The van der Waals surface area contributed by atoms with Crippen LogP contribution in [0.15, 0.2) is 27.6 Å². The Balaban J connectivity index is 2.39. The Morgan fingerprint density at radius 3 is 3.00 bits per heavy atom. The maximum absolute atomic E-state index is 11.6. The summed E-state index contributed by atoms with van der Waals surface area (Å²) in [6, 6.07) is 3.01. The summed E-state index contributed by atoms with van der Waals surface area (Å²) in [7, 11) is 1.50. The van der Waals surface area contributed by atoms with Gasteiger partial charge in [-0.05, 0) is 28.4 Å². The van der Waals surface area contributed by atoms with Crippen molar-refractivity contribution in [1.82, 2.24) is 9.88 Å². The molecule has 0 saturated heterocycles. The van der Waals surface area contributed by atoms with Gasteiger partial charge in [-0.2, -0.15) is 0 Å². The van der Waals surface area contributed by atoms with E-state index in [0.29, 0.717) is 13.0 Å². The van der Waals surface area contributed by atoms with Gasteiger partial charge in [-0.25, -0.2) is 0 Å². The predicted octanol–water partition coefficient (Wildman–Crippen LogP) is 0.124. The van der Waals surface area contributed by atoms with Crippen LogP contribution >= 0.6 is 15.9 Å². The van der Waals surface area contributed by atoms with Gasteiger partial charge in [-0.1, -0.05) is 0 Å². The van der Waals surface area contributed by atoms with Crippen molar-refractivity contribution in [3.05, 3.63) is 33.2 Å². The molecule has 0 radical (unpaired) electrons. The van der Waals surface area contributed by atoms with E-state index in [1.807, 2.05) is 0 Å². The van der Waals surface area contributed by atoms with Crippen LogP contribution in [0.5, 0.6) is 0 Å². The molecule has 7 heteroatoms. The number of hydrogen-bond donors (Lipinski definition) is 2. The van der Waals surface area contributed by atoms with Crippen molar-refractivity contribution < 1.29 is 14.6 Å². The second-order valence-corrected chi connectivity index (χ2v) is 4.98. The molecule has 1 amide bonds. The van der Waals surface area contributed by atoms with Crippen LogP contribution in [0.2, 0.25) is 0 Å². The molecule has 1 unspecified atom stereocenters. The van der Waals surface area contributed by atoms with Crippen LogP contribution in [0, 0.1) is 0 Å². The standard InChI is InChI=1S/C12H17BrN2O4/c1-19-8-10(16)4-5-14-11(17)7-15-6-9(13)2-3-12(15)18/h2-3,6,10,16H,4-5,7-8H2,1H3,(H,14,17). The van der Waals surface area contributed by atoms with E-state index in [-0.39, 0.29) is 24.6 Å². The zero-order valence-corrected chi connectivity index (χ0v) is 12.2. The molecule has 19 heavy (non-hydrogen) atoms. The first-order valence-electron chi connectivity index (χ1n) is 5.82. The normalized spacial score (nSPS) is 12.2. The third-order valence-electron chi connectivity index (χ3n) is 2.42. The van der Waals surface area contributed by atoms with Gasteiger partial charge in [0.1, 0.15) is 6.54 Å². The Labute approximate surface area is 119 Å². The fourth-order valence-electron chi connectivity index (χ4n) is 1.49. The Hall–Kier alpha value is -1.18. The van der Waals surface area contributed by atoms with Crippen LogP contribution in [0.1, 0.15) is 6.42 Å². The number of nitrogens with one attached hydrogen (secondary N) is 1. The lowest BCUT2D eigenvalue weighted by Gasteiger charge is -2.10. The minimum Gasteiger partial charge on any atom is -0.391 e. The van der Waals surface area contributed by atoms with Crippen LogP contribution in [0.4, 0.5) is 0 Å². The van der Waals surface area contributed by atoms with Crippen LogP contribution in [0.3, 0.4) is 0 Å². The number of halogens is 1. The van der Waals surface area contributed by atoms with Crippen LogP contribution in [0.25, 0.3) is 0 Å². The molecule has 0 aliphatic heterocycles. The summed E-state index contributed by atoms with van der Waals surface area (Å²) in [4.78, 5) is 23.1. The van der Waals surface area contributed by atoms with Crippen LogP contribution in [-0.4, -0.2) is 41.9 Å². The molecule has 0 aliphatic rings. The van der Waals surface area contributed by atoms with Gasteiger partial charge in [-0.3, -0.25) is 9.59 Å². The lowest BCUT2D eigenvalue weighted by molar-refractivity contribution is -0.121. The number of nitrogens with zero attached hydrogens (tertiary/aromatic N) is 1. The number of carbonyl (C=O) groups is 1. The molecule has 106 valence electrons. The quantitative estimate of drug-likeness (QED) is 0.743. The molecular formula is C12H17BrN2O4. The van der Waals surface area contributed by atoms with Gasteiger partial charge in [0.25, 0.3) is 5.56 Å². The SMILES string of the molecule is COCC(O)CCNC(=O)Cn1cc(Br)ccc1=O. The average Bonchev–Trinajstić information content (AvgIpc) is 2.34. The Kier molecular flexibility index (Phi) is 6.75. The third-order valence-corrected chi connectivity index (χ3v) is 2.89. The first-order valence-corrected chi connectivity index (χ1v) is 6.62.